The fourth-order valence-corrected chi connectivity index (χ4v) is 4.81. The number of aryl methyl sites for hydroxylation is 4. The average Bonchev–Trinajstić information content (AvgIpc) is 3.40. The Bertz CT molecular complexity index is 1320. The zero-order valence-electron chi connectivity index (χ0n) is 20.1. The fraction of sp³-hybridized carbons (Fsp3) is 0.310. The molecule has 5 nitrogen and oxygen atoms in total. The topological polar surface area (TPSA) is 47.4 Å². The molecular weight excluding hydrogens is 422 g/mol. The summed E-state index contributed by atoms with van der Waals surface area (Å²) in [6, 6.07) is 22.7. The smallest absolute Gasteiger partial charge is 0.227 e. The van der Waals surface area contributed by atoms with Crippen LogP contribution in [0, 0.1) is 20.8 Å². The maximum atomic E-state index is 13.1. The van der Waals surface area contributed by atoms with Crippen LogP contribution in [0.2, 0.25) is 0 Å². The molecule has 0 aliphatic carbocycles. The first-order valence-corrected chi connectivity index (χ1v) is 12.0. The van der Waals surface area contributed by atoms with Crippen molar-refractivity contribution >= 4 is 22.6 Å². The number of carbonyl (C=O) groups is 1. The number of benzene rings is 3. The highest BCUT2D eigenvalue weighted by atomic mass is 16.5. The van der Waals surface area contributed by atoms with Crippen LogP contribution in [0.25, 0.3) is 11.0 Å². The Morgan fingerprint density at radius 1 is 0.971 bits per heavy atom. The summed E-state index contributed by atoms with van der Waals surface area (Å²) in [7, 11) is 0. The van der Waals surface area contributed by atoms with Crippen molar-refractivity contribution in [3.05, 3.63) is 89.2 Å². The molecule has 5 rings (SSSR count). The molecule has 1 atom stereocenters. The van der Waals surface area contributed by atoms with Gasteiger partial charge in [-0.05, 0) is 68.7 Å². The van der Waals surface area contributed by atoms with Crippen LogP contribution in [0.5, 0.6) is 5.75 Å². The Kier molecular flexibility index (Phi) is 6.10. The minimum atomic E-state index is 0.0674. The highest BCUT2D eigenvalue weighted by molar-refractivity contribution is 5.97. The molecule has 0 radical (unpaired) electrons. The Balaban J connectivity index is 1.36. The number of nitrogens with zero attached hydrogens (tertiary/aromatic N) is 3. The van der Waals surface area contributed by atoms with Gasteiger partial charge in [0, 0.05) is 31.1 Å². The summed E-state index contributed by atoms with van der Waals surface area (Å²) in [6.45, 7) is 8.30. The van der Waals surface area contributed by atoms with Crippen LogP contribution in [0.4, 0.5) is 5.69 Å². The molecular formula is C29H31N3O2. The van der Waals surface area contributed by atoms with Crippen molar-refractivity contribution in [1.82, 2.24) is 9.55 Å². The van der Waals surface area contributed by atoms with Crippen LogP contribution >= 0.6 is 0 Å². The zero-order valence-corrected chi connectivity index (χ0v) is 20.1. The van der Waals surface area contributed by atoms with E-state index < -0.39 is 0 Å². The molecule has 0 bridgehead atoms. The normalized spacial score (nSPS) is 15.9. The molecule has 5 heteroatoms. The van der Waals surface area contributed by atoms with E-state index >= 15 is 0 Å². The van der Waals surface area contributed by atoms with E-state index in [0.29, 0.717) is 19.6 Å². The number of ether oxygens (including phenoxy) is 1. The lowest BCUT2D eigenvalue weighted by Crippen LogP contribution is -2.25. The van der Waals surface area contributed by atoms with Crippen LogP contribution in [-0.2, 0) is 11.3 Å². The van der Waals surface area contributed by atoms with Gasteiger partial charge in [-0.15, -0.1) is 0 Å². The fourth-order valence-electron chi connectivity index (χ4n) is 4.81. The van der Waals surface area contributed by atoms with Crippen LogP contribution < -0.4 is 9.64 Å². The van der Waals surface area contributed by atoms with Gasteiger partial charge >= 0.3 is 0 Å². The van der Waals surface area contributed by atoms with Gasteiger partial charge < -0.3 is 14.2 Å². The number of hydrogen-bond donors (Lipinski definition) is 0. The second-order valence-electron chi connectivity index (χ2n) is 9.32. The van der Waals surface area contributed by atoms with E-state index in [1.807, 2.05) is 23.1 Å². The molecule has 1 aliphatic rings. The van der Waals surface area contributed by atoms with Crippen molar-refractivity contribution < 1.29 is 9.53 Å². The van der Waals surface area contributed by atoms with Crippen molar-refractivity contribution in [2.75, 3.05) is 18.1 Å². The lowest BCUT2D eigenvalue weighted by Gasteiger charge is -2.20. The number of imidazole rings is 1. The first-order chi connectivity index (χ1) is 16.5. The quantitative estimate of drug-likeness (QED) is 0.325. The Morgan fingerprint density at radius 2 is 1.74 bits per heavy atom. The molecule has 1 unspecified atom stereocenters. The number of anilines is 1. The molecule has 1 saturated heterocycles. The second kappa shape index (κ2) is 9.34. The summed E-state index contributed by atoms with van der Waals surface area (Å²) in [5.41, 5.74) is 6.63. The molecule has 3 aromatic carbocycles. The van der Waals surface area contributed by atoms with Gasteiger partial charge in [0.05, 0.1) is 17.6 Å². The van der Waals surface area contributed by atoms with Gasteiger partial charge in [0.1, 0.15) is 11.6 Å². The van der Waals surface area contributed by atoms with E-state index in [0.717, 1.165) is 52.4 Å². The number of para-hydroxylation sites is 2. The van der Waals surface area contributed by atoms with Crippen LogP contribution in [0.15, 0.2) is 66.7 Å². The number of amides is 1. The maximum absolute atomic E-state index is 13.1. The molecule has 0 saturated carbocycles. The summed E-state index contributed by atoms with van der Waals surface area (Å²) in [6.07, 6.45) is 1.35. The molecule has 34 heavy (non-hydrogen) atoms. The van der Waals surface area contributed by atoms with Gasteiger partial charge in [0.25, 0.3) is 0 Å². The lowest BCUT2D eigenvalue weighted by molar-refractivity contribution is -0.117. The molecule has 1 aromatic heterocycles. The molecule has 1 aliphatic heterocycles. The summed E-state index contributed by atoms with van der Waals surface area (Å²) in [5, 5.41) is 0. The van der Waals surface area contributed by atoms with Crippen LogP contribution in [0.3, 0.4) is 0 Å². The van der Waals surface area contributed by atoms with Crippen LogP contribution in [0.1, 0.15) is 41.3 Å². The van der Waals surface area contributed by atoms with Gasteiger partial charge in [-0.3, -0.25) is 4.79 Å². The third-order valence-electron chi connectivity index (χ3n) is 6.65. The van der Waals surface area contributed by atoms with Crippen molar-refractivity contribution in [2.45, 2.75) is 46.1 Å². The second-order valence-corrected chi connectivity index (χ2v) is 9.32. The minimum Gasteiger partial charge on any atom is -0.494 e. The SMILES string of the molecule is Cc1ccc(OCCCn2c(C3CC(=O)N(c4cc(C)ccc4C)C3)nc3ccccc32)cc1. The van der Waals surface area contributed by atoms with Crippen molar-refractivity contribution in [3.63, 3.8) is 0 Å². The van der Waals surface area contributed by atoms with Gasteiger partial charge in [0.2, 0.25) is 5.91 Å². The minimum absolute atomic E-state index is 0.0674. The third-order valence-corrected chi connectivity index (χ3v) is 6.65. The summed E-state index contributed by atoms with van der Waals surface area (Å²) in [4.78, 5) is 20.0. The van der Waals surface area contributed by atoms with Crippen molar-refractivity contribution in [1.29, 1.82) is 0 Å². The Hall–Kier alpha value is -3.60. The highest BCUT2D eigenvalue weighted by Crippen LogP contribution is 2.35. The zero-order chi connectivity index (χ0) is 23.7. The first-order valence-electron chi connectivity index (χ1n) is 12.0. The van der Waals surface area contributed by atoms with Crippen molar-refractivity contribution in [2.24, 2.45) is 0 Å². The number of fused-ring (bicyclic) bond motifs is 1. The van der Waals surface area contributed by atoms with Crippen LogP contribution in [-0.4, -0.2) is 28.6 Å². The van der Waals surface area contributed by atoms with E-state index in [-0.39, 0.29) is 11.8 Å². The predicted octanol–water partition coefficient (Wildman–Crippen LogP) is 5.95. The number of aromatic nitrogens is 2. The predicted molar refractivity (Wildman–Crippen MR) is 137 cm³/mol. The largest absolute Gasteiger partial charge is 0.494 e. The maximum Gasteiger partial charge on any atom is 0.227 e. The molecule has 2 heterocycles. The van der Waals surface area contributed by atoms with E-state index in [9.17, 15) is 4.79 Å². The molecule has 174 valence electrons. The number of carbonyl (C=O) groups excluding carboxylic acids is 1. The first kappa shape index (κ1) is 22.2. The Morgan fingerprint density at radius 3 is 2.56 bits per heavy atom. The standard InChI is InChI=1S/C29H31N3O2/c1-20-10-13-24(14-11-20)34-16-6-15-31-26-8-5-4-7-25(26)30-29(31)23-18-28(33)32(19-23)27-17-21(2)9-12-22(27)3/h4-5,7-14,17,23H,6,15-16,18-19H2,1-3H3. The molecule has 4 aromatic rings. The number of hydrogen-bond acceptors (Lipinski definition) is 3. The average molecular weight is 454 g/mol. The van der Waals surface area contributed by atoms with Gasteiger partial charge in [0.15, 0.2) is 0 Å². The van der Waals surface area contributed by atoms with Crippen molar-refractivity contribution in [3.8, 4) is 5.75 Å². The van der Waals surface area contributed by atoms with E-state index in [1.54, 1.807) is 0 Å². The van der Waals surface area contributed by atoms with Gasteiger partial charge in [-0.25, -0.2) is 4.98 Å². The monoisotopic (exact) mass is 453 g/mol. The van der Waals surface area contributed by atoms with Gasteiger partial charge in [-0.2, -0.15) is 0 Å². The summed E-state index contributed by atoms with van der Waals surface area (Å²) < 4.78 is 8.25. The highest BCUT2D eigenvalue weighted by Gasteiger charge is 2.35. The van der Waals surface area contributed by atoms with E-state index in [1.165, 1.54) is 5.56 Å². The molecule has 1 fully saturated rings. The molecule has 0 N–H and O–H groups in total. The Labute approximate surface area is 201 Å². The third kappa shape index (κ3) is 4.43. The number of rotatable bonds is 7. The van der Waals surface area contributed by atoms with E-state index in [2.05, 4.69) is 73.9 Å². The molecule has 0 spiro atoms. The molecule has 1 amide bonds. The van der Waals surface area contributed by atoms with E-state index in [4.69, 9.17) is 9.72 Å². The lowest BCUT2D eigenvalue weighted by atomic mass is 10.1. The summed E-state index contributed by atoms with van der Waals surface area (Å²) in [5.74, 6) is 2.13. The van der Waals surface area contributed by atoms with Gasteiger partial charge in [-0.1, -0.05) is 42.0 Å². The summed E-state index contributed by atoms with van der Waals surface area (Å²) >= 11 is 0.